The lowest BCUT2D eigenvalue weighted by molar-refractivity contribution is 0.102. The molecule has 0 aliphatic carbocycles. The van der Waals surface area contributed by atoms with Crippen LogP contribution in [-0.2, 0) is 10.0 Å². The number of ether oxygens (including phenoxy) is 2. The minimum Gasteiger partial charge on any atom is -0.493 e. The van der Waals surface area contributed by atoms with Crippen LogP contribution >= 0.6 is 11.3 Å². The van der Waals surface area contributed by atoms with Crippen LogP contribution in [0.3, 0.4) is 0 Å². The third kappa shape index (κ3) is 5.53. The zero-order chi connectivity index (χ0) is 24.7. The van der Waals surface area contributed by atoms with Crippen molar-refractivity contribution in [3.8, 4) is 22.8 Å². The molecular weight excluding hydrogens is 474 g/mol. The van der Waals surface area contributed by atoms with Crippen molar-refractivity contribution in [2.75, 3.05) is 32.6 Å². The minimum atomic E-state index is -3.74. The topological polar surface area (TPSA) is 97.8 Å². The van der Waals surface area contributed by atoms with E-state index in [9.17, 15) is 13.2 Å². The first-order chi connectivity index (χ1) is 16.3. The predicted molar refractivity (Wildman–Crippen MR) is 134 cm³/mol. The molecule has 1 heterocycles. The smallest absolute Gasteiger partial charge is 0.257 e. The molecule has 178 valence electrons. The van der Waals surface area contributed by atoms with Gasteiger partial charge in [-0.05, 0) is 42.5 Å². The maximum atomic E-state index is 12.8. The van der Waals surface area contributed by atoms with Gasteiger partial charge in [-0.3, -0.25) is 10.1 Å². The van der Waals surface area contributed by atoms with Crippen LogP contribution in [-0.4, -0.2) is 50.9 Å². The van der Waals surface area contributed by atoms with Gasteiger partial charge < -0.3 is 9.47 Å². The zero-order valence-electron chi connectivity index (χ0n) is 18.9. The Labute approximate surface area is 203 Å². The van der Waals surface area contributed by atoms with Gasteiger partial charge in [-0.15, -0.1) is 24.5 Å². The summed E-state index contributed by atoms with van der Waals surface area (Å²) in [4.78, 5) is 17.2. The molecule has 0 radical (unpaired) electrons. The number of anilines is 1. The van der Waals surface area contributed by atoms with Crippen molar-refractivity contribution < 1.29 is 22.7 Å². The maximum Gasteiger partial charge on any atom is 0.257 e. The second-order valence-electron chi connectivity index (χ2n) is 6.99. The van der Waals surface area contributed by atoms with Crippen LogP contribution < -0.4 is 14.8 Å². The molecule has 2 aromatic carbocycles. The summed E-state index contributed by atoms with van der Waals surface area (Å²) in [5, 5.41) is 4.98. The van der Waals surface area contributed by atoms with Crippen molar-refractivity contribution in [1.29, 1.82) is 0 Å². The van der Waals surface area contributed by atoms with Crippen LogP contribution in [0.1, 0.15) is 10.4 Å². The van der Waals surface area contributed by atoms with Crippen molar-refractivity contribution in [2.24, 2.45) is 0 Å². The van der Waals surface area contributed by atoms with E-state index in [1.807, 2.05) is 11.4 Å². The first-order valence-corrected chi connectivity index (χ1v) is 12.5. The summed E-state index contributed by atoms with van der Waals surface area (Å²) in [5.41, 5.74) is 1.79. The minimum absolute atomic E-state index is 0.0812. The van der Waals surface area contributed by atoms with Gasteiger partial charge >= 0.3 is 0 Å². The molecule has 8 nitrogen and oxygen atoms in total. The molecule has 0 saturated heterocycles. The zero-order valence-corrected chi connectivity index (χ0v) is 20.5. The standard InChI is InChI=1S/C24H25N3O5S2/c1-5-13-27(14-6-2)34(29,30)19-10-7-17(8-11-19)23(28)26-24-25-20(16-33-24)18-9-12-21(31-3)22(15-18)32-4/h5-12,15-16H,1-2,13-14H2,3-4H3,(H,25,26,28). The number of methoxy groups -OCH3 is 2. The Hall–Kier alpha value is -3.47. The molecule has 0 spiro atoms. The van der Waals surface area contributed by atoms with Crippen molar-refractivity contribution >= 4 is 32.4 Å². The van der Waals surface area contributed by atoms with Crippen LogP contribution in [0.2, 0.25) is 0 Å². The molecule has 1 N–H and O–H groups in total. The number of nitrogens with zero attached hydrogens (tertiary/aromatic N) is 2. The lowest BCUT2D eigenvalue weighted by Crippen LogP contribution is -2.31. The van der Waals surface area contributed by atoms with Crippen molar-refractivity contribution in [2.45, 2.75) is 4.90 Å². The number of rotatable bonds is 11. The summed E-state index contributed by atoms with van der Waals surface area (Å²) in [5.74, 6) is 0.789. The Kier molecular flexibility index (Phi) is 8.21. The second kappa shape index (κ2) is 11.1. The highest BCUT2D eigenvalue weighted by Crippen LogP contribution is 2.33. The number of amides is 1. The fourth-order valence-corrected chi connectivity index (χ4v) is 5.21. The van der Waals surface area contributed by atoms with Gasteiger partial charge in [0, 0.05) is 29.6 Å². The first-order valence-electron chi connectivity index (χ1n) is 10.1. The van der Waals surface area contributed by atoms with E-state index in [1.165, 1.54) is 52.1 Å². The second-order valence-corrected chi connectivity index (χ2v) is 9.78. The molecule has 0 saturated carbocycles. The number of aromatic nitrogens is 1. The van der Waals surface area contributed by atoms with E-state index in [0.29, 0.717) is 27.9 Å². The highest BCUT2D eigenvalue weighted by molar-refractivity contribution is 7.89. The molecule has 0 bridgehead atoms. The normalized spacial score (nSPS) is 11.1. The third-order valence-corrected chi connectivity index (χ3v) is 7.43. The molecule has 0 aliphatic rings. The van der Waals surface area contributed by atoms with Gasteiger partial charge in [0.05, 0.1) is 24.8 Å². The number of nitrogens with one attached hydrogen (secondary N) is 1. The van der Waals surface area contributed by atoms with Crippen LogP contribution in [0.4, 0.5) is 5.13 Å². The van der Waals surface area contributed by atoms with Crippen molar-refractivity contribution in [1.82, 2.24) is 9.29 Å². The summed E-state index contributed by atoms with van der Waals surface area (Å²) < 4.78 is 37.4. The monoisotopic (exact) mass is 499 g/mol. The Balaban J connectivity index is 1.74. The molecule has 1 amide bonds. The number of carbonyl (C=O) groups excluding carboxylic acids is 1. The summed E-state index contributed by atoms with van der Waals surface area (Å²) in [7, 11) is -0.614. The molecule has 0 aliphatic heterocycles. The largest absolute Gasteiger partial charge is 0.493 e. The number of carbonyl (C=O) groups is 1. The lowest BCUT2D eigenvalue weighted by atomic mass is 10.1. The fourth-order valence-electron chi connectivity index (χ4n) is 3.11. The Bertz CT molecular complexity index is 1270. The van der Waals surface area contributed by atoms with E-state index < -0.39 is 15.9 Å². The highest BCUT2D eigenvalue weighted by Gasteiger charge is 2.22. The van der Waals surface area contributed by atoms with Crippen molar-refractivity contribution in [3.63, 3.8) is 0 Å². The van der Waals surface area contributed by atoms with Gasteiger partial charge in [-0.25, -0.2) is 13.4 Å². The maximum absolute atomic E-state index is 12.8. The molecule has 10 heteroatoms. The van der Waals surface area contributed by atoms with E-state index >= 15 is 0 Å². The Morgan fingerprint density at radius 2 is 1.71 bits per heavy atom. The van der Waals surface area contributed by atoms with Gasteiger partial charge in [0.25, 0.3) is 5.91 Å². The molecule has 3 rings (SSSR count). The van der Waals surface area contributed by atoms with Gasteiger partial charge in [0.2, 0.25) is 10.0 Å². The summed E-state index contributed by atoms with van der Waals surface area (Å²) >= 11 is 1.28. The number of sulfonamides is 1. The molecule has 0 fully saturated rings. The van der Waals surface area contributed by atoms with E-state index in [-0.39, 0.29) is 18.0 Å². The van der Waals surface area contributed by atoms with Crippen LogP contribution in [0, 0.1) is 0 Å². The number of thiazole rings is 1. The number of benzene rings is 2. The van der Waals surface area contributed by atoms with E-state index in [0.717, 1.165) is 5.56 Å². The molecule has 0 atom stereocenters. The summed E-state index contributed by atoms with van der Waals surface area (Å²) in [6.07, 6.45) is 3.01. The molecule has 0 unspecified atom stereocenters. The number of hydrogen-bond donors (Lipinski definition) is 1. The molecule has 34 heavy (non-hydrogen) atoms. The van der Waals surface area contributed by atoms with Crippen LogP contribution in [0.15, 0.2) is 78.1 Å². The van der Waals surface area contributed by atoms with E-state index in [1.54, 1.807) is 26.4 Å². The average Bonchev–Trinajstić information content (AvgIpc) is 3.31. The van der Waals surface area contributed by atoms with Gasteiger partial charge in [-0.2, -0.15) is 4.31 Å². The molecular formula is C24H25N3O5S2. The Morgan fingerprint density at radius 1 is 1.06 bits per heavy atom. The lowest BCUT2D eigenvalue weighted by Gasteiger charge is -2.19. The molecule has 3 aromatic rings. The average molecular weight is 500 g/mol. The predicted octanol–water partition coefficient (Wildman–Crippen LogP) is 4.44. The molecule has 1 aromatic heterocycles. The van der Waals surface area contributed by atoms with Gasteiger partial charge in [0.1, 0.15) is 0 Å². The highest BCUT2D eigenvalue weighted by atomic mass is 32.2. The number of hydrogen-bond acceptors (Lipinski definition) is 7. The fraction of sp³-hybridized carbons (Fsp3) is 0.167. The van der Waals surface area contributed by atoms with E-state index in [2.05, 4.69) is 23.5 Å². The Morgan fingerprint density at radius 3 is 2.29 bits per heavy atom. The van der Waals surface area contributed by atoms with E-state index in [4.69, 9.17) is 9.47 Å². The van der Waals surface area contributed by atoms with Crippen LogP contribution in [0.25, 0.3) is 11.3 Å². The van der Waals surface area contributed by atoms with Crippen LogP contribution in [0.5, 0.6) is 11.5 Å². The van der Waals surface area contributed by atoms with Gasteiger partial charge in [-0.1, -0.05) is 12.2 Å². The summed E-state index contributed by atoms with van der Waals surface area (Å²) in [6, 6.07) is 11.2. The van der Waals surface area contributed by atoms with Crippen molar-refractivity contribution in [3.05, 3.63) is 78.7 Å². The first kappa shape index (κ1) is 25.2. The quantitative estimate of drug-likeness (QED) is 0.392. The SMILES string of the molecule is C=CCN(CC=C)S(=O)(=O)c1ccc(C(=O)Nc2nc(-c3ccc(OC)c(OC)c3)cs2)cc1. The third-order valence-electron chi connectivity index (χ3n) is 4.82. The summed E-state index contributed by atoms with van der Waals surface area (Å²) in [6.45, 7) is 7.50. The van der Waals surface area contributed by atoms with Gasteiger partial charge in [0.15, 0.2) is 16.6 Å².